The fraction of sp³-hybridized carbons (Fsp3) is 0.200. The van der Waals surface area contributed by atoms with E-state index in [-0.39, 0.29) is 4.90 Å². The number of primary sulfonamides is 1. The zero-order chi connectivity index (χ0) is 13.2. The molecule has 5 nitrogen and oxygen atoms in total. The number of sulfonamides is 1. The van der Waals surface area contributed by atoms with Crippen molar-refractivity contribution in [1.82, 2.24) is 0 Å². The monoisotopic (exact) mass is 301 g/mol. The average molecular weight is 301 g/mol. The van der Waals surface area contributed by atoms with Crippen LogP contribution in [0.1, 0.15) is 6.42 Å². The van der Waals surface area contributed by atoms with Crippen molar-refractivity contribution in [1.29, 1.82) is 0 Å². The van der Waals surface area contributed by atoms with E-state index in [0.29, 0.717) is 4.32 Å². The summed E-state index contributed by atoms with van der Waals surface area (Å²) >= 11 is 6.55. The lowest BCUT2D eigenvalue weighted by Gasteiger charge is -2.14. The second kappa shape index (κ2) is 5.35. The average Bonchev–Trinajstić information content (AvgIpc) is 2.28. The molecule has 1 aromatic rings. The van der Waals surface area contributed by atoms with Crippen LogP contribution in [0.15, 0.2) is 34.2 Å². The minimum absolute atomic E-state index is 0.0877. The standard InChI is InChI=1S/C10H11N3O2S3/c11-18(14,15)8-3-1-7(2-4-8)12-9-5-6-17-10(16)13-9/h1-4H,5-6H2,(H2,11,14,15)(H,12,13,16). The van der Waals surface area contributed by atoms with Crippen LogP contribution in [0.4, 0.5) is 5.69 Å². The highest BCUT2D eigenvalue weighted by Gasteiger charge is 2.10. The van der Waals surface area contributed by atoms with Crippen LogP contribution in [0.5, 0.6) is 0 Å². The Hall–Kier alpha value is -0.960. The van der Waals surface area contributed by atoms with Crippen molar-refractivity contribution >= 4 is 49.8 Å². The fourth-order valence-corrected chi connectivity index (χ4v) is 2.94. The normalized spacial score (nSPS) is 16.3. The van der Waals surface area contributed by atoms with Crippen molar-refractivity contribution < 1.29 is 8.42 Å². The van der Waals surface area contributed by atoms with Gasteiger partial charge in [-0.3, -0.25) is 0 Å². The number of hydrogen-bond acceptors (Lipinski definition) is 5. The van der Waals surface area contributed by atoms with Crippen LogP contribution in [0.3, 0.4) is 0 Å². The molecule has 0 aromatic heterocycles. The molecule has 1 aliphatic heterocycles. The third-order valence-corrected chi connectivity index (χ3v) is 4.38. The van der Waals surface area contributed by atoms with Crippen LogP contribution < -0.4 is 10.5 Å². The molecular formula is C10H11N3O2S3. The van der Waals surface area contributed by atoms with Gasteiger partial charge in [-0.2, -0.15) is 0 Å². The van der Waals surface area contributed by atoms with Gasteiger partial charge in [-0.05, 0) is 24.3 Å². The van der Waals surface area contributed by atoms with Gasteiger partial charge < -0.3 is 5.32 Å². The van der Waals surface area contributed by atoms with E-state index in [9.17, 15) is 8.42 Å². The molecule has 1 aromatic carbocycles. The first kappa shape index (κ1) is 13.5. The third-order valence-electron chi connectivity index (χ3n) is 2.26. The predicted octanol–water partition coefficient (Wildman–Crippen LogP) is 1.57. The Labute approximate surface area is 115 Å². The highest BCUT2D eigenvalue weighted by Crippen LogP contribution is 2.17. The second-order valence-electron chi connectivity index (χ2n) is 3.62. The number of nitrogens with one attached hydrogen (secondary N) is 1. The quantitative estimate of drug-likeness (QED) is 0.810. The lowest BCUT2D eigenvalue weighted by atomic mass is 10.3. The Morgan fingerprint density at radius 2 is 2.00 bits per heavy atom. The van der Waals surface area contributed by atoms with Crippen molar-refractivity contribution in [2.75, 3.05) is 11.1 Å². The zero-order valence-corrected chi connectivity index (χ0v) is 11.7. The number of amidine groups is 1. The molecule has 18 heavy (non-hydrogen) atoms. The van der Waals surface area contributed by atoms with Gasteiger partial charge in [0.15, 0.2) is 4.32 Å². The minimum atomic E-state index is -3.64. The summed E-state index contributed by atoms with van der Waals surface area (Å²) in [6, 6.07) is 6.20. The van der Waals surface area contributed by atoms with Gasteiger partial charge in [-0.1, -0.05) is 24.0 Å². The van der Waals surface area contributed by atoms with Gasteiger partial charge >= 0.3 is 0 Å². The number of nitrogens with zero attached hydrogens (tertiary/aromatic N) is 1. The van der Waals surface area contributed by atoms with Gasteiger partial charge in [0.2, 0.25) is 10.0 Å². The van der Waals surface area contributed by atoms with Crippen molar-refractivity contribution in [3.05, 3.63) is 24.3 Å². The maximum atomic E-state index is 11.1. The Bertz CT molecular complexity index is 593. The molecule has 0 saturated carbocycles. The topological polar surface area (TPSA) is 84.5 Å². The molecule has 0 saturated heterocycles. The summed E-state index contributed by atoms with van der Waals surface area (Å²) in [5.74, 6) is 1.70. The van der Waals surface area contributed by atoms with Crippen LogP contribution in [-0.2, 0) is 10.0 Å². The van der Waals surface area contributed by atoms with E-state index in [1.54, 1.807) is 23.9 Å². The smallest absolute Gasteiger partial charge is 0.238 e. The third kappa shape index (κ3) is 3.52. The molecular weight excluding hydrogens is 290 g/mol. The van der Waals surface area contributed by atoms with Crippen LogP contribution in [-0.4, -0.2) is 24.3 Å². The molecule has 0 fully saturated rings. The van der Waals surface area contributed by atoms with Crippen molar-refractivity contribution in [2.24, 2.45) is 10.1 Å². The molecule has 3 N–H and O–H groups in total. The van der Waals surface area contributed by atoms with Crippen LogP contribution in [0.2, 0.25) is 0 Å². The van der Waals surface area contributed by atoms with Gasteiger partial charge in [-0.25, -0.2) is 18.5 Å². The second-order valence-corrected chi connectivity index (χ2v) is 6.91. The summed E-state index contributed by atoms with van der Waals surface area (Å²) < 4.78 is 22.8. The van der Waals surface area contributed by atoms with E-state index in [0.717, 1.165) is 23.7 Å². The molecule has 96 valence electrons. The molecule has 0 radical (unpaired) electrons. The Balaban J connectivity index is 2.14. The molecule has 1 heterocycles. The predicted molar refractivity (Wildman–Crippen MR) is 78.5 cm³/mol. The molecule has 0 amide bonds. The van der Waals surface area contributed by atoms with Gasteiger partial charge in [0.25, 0.3) is 0 Å². The molecule has 0 unspecified atom stereocenters. The summed E-state index contributed by atoms with van der Waals surface area (Å²) in [5.41, 5.74) is 0.760. The maximum Gasteiger partial charge on any atom is 0.238 e. The number of benzene rings is 1. The molecule has 2 rings (SSSR count). The van der Waals surface area contributed by atoms with Crippen LogP contribution >= 0.6 is 24.0 Å². The number of rotatable bonds is 2. The summed E-state index contributed by atoms with van der Waals surface area (Å²) in [4.78, 5) is 4.29. The summed E-state index contributed by atoms with van der Waals surface area (Å²) in [6.07, 6.45) is 0.807. The molecule has 8 heteroatoms. The molecule has 1 aliphatic rings. The summed E-state index contributed by atoms with van der Waals surface area (Å²) in [7, 11) is -3.64. The molecule has 0 aliphatic carbocycles. The van der Waals surface area contributed by atoms with Crippen molar-refractivity contribution in [3.63, 3.8) is 0 Å². The van der Waals surface area contributed by atoms with E-state index >= 15 is 0 Å². The van der Waals surface area contributed by atoms with Gasteiger partial charge in [0.1, 0.15) is 5.84 Å². The molecule has 0 spiro atoms. The van der Waals surface area contributed by atoms with Crippen LogP contribution in [0.25, 0.3) is 0 Å². The summed E-state index contributed by atoms with van der Waals surface area (Å²) in [6.45, 7) is 0. The number of thioether (sulfide) groups is 1. The van der Waals surface area contributed by atoms with E-state index in [2.05, 4.69) is 10.3 Å². The highest BCUT2D eigenvalue weighted by atomic mass is 32.2. The first-order valence-electron chi connectivity index (χ1n) is 5.09. The van der Waals surface area contributed by atoms with Gasteiger partial charge in [-0.15, -0.1) is 0 Å². The number of nitrogens with two attached hydrogens (primary N) is 1. The van der Waals surface area contributed by atoms with Crippen molar-refractivity contribution in [3.8, 4) is 0 Å². The van der Waals surface area contributed by atoms with E-state index in [1.807, 2.05) is 0 Å². The van der Waals surface area contributed by atoms with Gasteiger partial charge in [0, 0.05) is 17.9 Å². The summed E-state index contributed by atoms with van der Waals surface area (Å²) in [5, 5.41) is 8.12. The largest absolute Gasteiger partial charge is 0.344 e. The maximum absolute atomic E-state index is 11.1. The number of aliphatic imine (C=N–C) groups is 1. The highest BCUT2D eigenvalue weighted by molar-refractivity contribution is 8.23. The number of thiocarbonyl (C=S) groups is 1. The van der Waals surface area contributed by atoms with Crippen LogP contribution in [0, 0.1) is 0 Å². The zero-order valence-electron chi connectivity index (χ0n) is 9.29. The van der Waals surface area contributed by atoms with E-state index in [1.165, 1.54) is 12.1 Å². The molecule has 0 bridgehead atoms. The first-order chi connectivity index (χ1) is 8.45. The minimum Gasteiger partial charge on any atom is -0.344 e. The van der Waals surface area contributed by atoms with E-state index < -0.39 is 10.0 Å². The number of hydrogen-bond donors (Lipinski definition) is 2. The van der Waals surface area contributed by atoms with Gasteiger partial charge in [0.05, 0.1) is 4.90 Å². The lowest BCUT2D eigenvalue weighted by molar-refractivity contribution is 0.598. The fourth-order valence-electron chi connectivity index (χ4n) is 1.42. The first-order valence-corrected chi connectivity index (χ1v) is 8.03. The Morgan fingerprint density at radius 1 is 1.33 bits per heavy atom. The Kier molecular flexibility index (Phi) is 4.00. The van der Waals surface area contributed by atoms with E-state index in [4.69, 9.17) is 17.4 Å². The lowest BCUT2D eigenvalue weighted by Crippen LogP contribution is -2.18. The Morgan fingerprint density at radius 3 is 2.56 bits per heavy atom. The molecule has 0 atom stereocenters. The number of anilines is 1. The SMILES string of the molecule is NS(=O)(=O)c1ccc(NC2=NC(=S)SCC2)cc1. The van der Waals surface area contributed by atoms with Crippen molar-refractivity contribution in [2.45, 2.75) is 11.3 Å².